The number of hydrogen-bond acceptors (Lipinski definition) is 5. The van der Waals surface area contributed by atoms with Crippen molar-refractivity contribution in [2.24, 2.45) is 5.92 Å². The number of unbranched alkanes of at least 4 members (excludes halogenated alkanes) is 1. The highest BCUT2D eigenvalue weighted by molar-refractivity contribution is 5.96. The number of methoxy groups -OCH3 is 1. The normalized spacial score (nSPS) is 11.0. The molecule has 0 radical (unpaired) electrons. The summed E-state index contributed by atoms with van der Waals surface area (Å²) < 4.78 is 6.21. The Labute approximate surface area is 141 Å². The Kier molecular flexibility index (Phi) is 7.70. The number of nitrogen functional groups attached to an aromatic ring is 1. The molecule has 0 aromatic carbocycles. The average molecular weight is 340 g/mol. The van der Waals surface area contributed by atoms with Crippen LogP contribution < -0.4 is 21.9 Å². The van der Waals surface area contributed by atoms with Gasteiger partial charge >= 0.3 is 5.69 Å². The van der Waals surface area contributed by atoms with E-state index < -0.39 is 11.2 Å². The van der Waals surface area contributed by atoms with Crippen molar-refractivity contribution in [3.8, 4) is 0 Å². The SMILES string of the molecule is CCCCn1c(N)c(N(CCC(C)C)C(=O)COC)c(=O)[nH]c1=O. The fourth-order valence-corrected chi connectivity index (χ4v) is 2.33. The first kappa shape index (κ1) is 20.0. The Balaban J connectivity index is 3.37. The highest BCUT2D eigenvalue weighted by atomic mass is 16.5. The monoisotopic (exact) mass is 340 g/mol. The van der Waals surface area contributed by atoms with Crippen LogP contribution in [0.5, 0.6) is 0 Å². The highest BCUT2D eigenvalue weighted by Crippen LogP contribution is 2.19. The third-order valence-corrected chi connectivity index (χ3v) is 3.72. The summed E-state index contributed by atoms with van der Waals surface area (Å²) in [4.78, 5) is 40.3. The van der Waals surface area contributed by atoms with Crippen LogP contribution in [0.2, 0.25) is 0 Å². The number of nitrogens with one attached hydrogen (secondary N) is 1. The first-order chi connectivity index (χ1) is 11.3. The molecule has 0 bridgehead atoms. The van der Waals surface area contributed by atoms with Crippen LogP contribution in [0.15, 0.2) is 9.59 Å². The third-order valence-electron chi connectivity index (χ3n) is 3.72. The molecule has 0 atom stereocenters. The van der Waals surface area contributed by atoms with Gasteiger partial charge in [-0.3, -0.25) is 19.1 Å². The average Bonchev–Trinajstić information content (AvgIpc) is 2.50. The van der Waals surface area contributed by atoms with Gasteiger partial charge in [0, 0.05) is 20.2 Å². The van der Waals surface area contributed by atoms with Crippen LogP contribution in [-0.4, -0.2) is 35.7 Å². The Bertz CT molecular complexity index is 663. The van der Waals surface area contributed by atoms with Crippen LogP contribution in [0.3, 0.4) is 0 Å². The second kappa shape index (κ2) is 9.27. The Morgan fingerprint density at radius 1 is 1.38 bits per heavy atom. The lowest BCUT2D eigenvalue weighted by molar-refractivity contribution is -0.122. The molecule has 1 aromatic heterocycles. The zero-order chi connectivity index (χ0) is 18.3. The standard InChI is InChI=1S/C16H28N4O4/c1-5-6-8-20-14(17)13(15(22)18-16(20)23)19(9-7-11(2)3)12(21)10-24-4/h11H,5-10,17H2,1-4H3,(H,18,22,23). The fourth-order valence-electron chi connectivity index (χ4n) is 2.33. The summed E-state index contributed by atoms with van der Waals surface area (Å²) in [6, 6.07) is 0. The minimum absolute atomic E-state index is 0.0189. The molecule has 8 nitrogen and oxygen atoms in total. The van der Waals surface area contributed by atoms with Crippen molar-refractivity contribution in [3.63, 3.8) is 0 Å². The number of nitrogens with two attached hydrogens (primary N) is 1. The number of amides is 1. The van der Waals surface area contributed by atoms with Gasteiger partial charge in [-0.25, -0.2) is 4.79 Å². The Hall–Kier alpha value is -2.09. The van der Waals surface area contributed by atoms with E-state index in [-0.39, 0.29) is 24.0 Å². The molecule has 0 aliphatic carbocycles. The van der Waals surface area contributed by atoms with E-state index in [0.29, 0.717) is 25.4 Å². The van der Waals surface area contributed by atoms with Gasteiger partial charge in [0.25, 0.3) is 11.5 Å². The lowest BCUT2D eigenvalue weighted by atomic mass is 10.1. The van der Waals surface area contributed by atoms with Gasteiger partial charge in [0.1, 0.15) is 12.4 Å². The van der Waals surface area contributed by atoms with Crippen molar-refractivity contribution in [2.45, 2.75) is 46.6 Å². The predicted molar refractivity (Wildman–Crippen MR) is 94.3 cm³/mol. The van der Waals surface area contributed by atoms with Gasteiger partial charge in [0.05, 0.1) is 0 Å². The largest absolute Gasteiger partial charge is 0.383 e. The molecule has 1 heterocycles. The van der Waals surface area contributed by atoms with E-state index in [9.17, 15) is 14.4 Å². The van der Waals surface area contributed by atoms with Gasteiger partial charge in [0.2, 0.25) is 0 Å². The molecule has 136 valence electrons. The fraction of sp³-hybridized carbons (Fsp3) is 0.688. The van der Waals surface area contributed by atoms with E-state index in [0.717, 1.165) is 12.8 Å². The number of carbonyl (C=O) groups is 1. The molecule has 1 rings (SSSR count). The van der Waals surface area contributed by atoms with E-state index in [2.05, 4.69) is 4.98 Å². The number of aromatic nitrogens is 2. The number of H-pyrrole nitrogens is 1. The molecular weight excluding hydrogens is 312 g/mol. The summed E-state index contributed by atoms with van der Waals surface area (Å²) in [5.41, 5.74) is 4.89. The van der Waals surface area contributed by atoms with Crippen molar-refractivity contribution < 1.29 is 9.53 Å². The van der Waals surface area contributed by atoms with E-state index in [1.807, 2.05) is 20.8 Å². The van der Waals surface area contributed by atoms with E-state index in [4.69, 9.17) is 10.5 Å². The van der Waals surface area contributed by atoms with Gasteiger partial charge in [-0.1, -0.05) is 27.2 Å². The lowest BCUT2D eigenvalue weighted by Gasteiger charge is -2.25. The number of ether oxygens (including phenoxy) is 1. The molecule has 0 saturated carbocycles. The highest BCUT2D eigenvalue weighted by Gasteiger charge is 2.24. The van der Waals surface area contributed by atoms with Crippen LogP contribution in [0, 0.1) is 5.92 Å². The summed E-state index contributed by atoms with van der Waals surface area (Å²) in [7, 11) is 1.41. The predicted octanol–water partition coefficient (Wildman–Crippen LogP) is 0.944. The second-order valence-corrected chi connectivity index (χ2v) is 6.16. The van der Waals surface area contributed by atoms with Crippen molar-refractivity contribution in [3.05, 3.63) is 20.8 Å². The smallest absolute Gasteiger partial charge is 0.330 e. The molecule has 0 fully saturated rings. The number of aromatic amines is 1. The summed E-state index contributed by atoms with van der Waals surface area (Å²) in [5, 5.41) is 0. The summed E-state index contributed by atoms with van der Waals surface area (Å²) >= 11 is 0. The van der Waals surface area contributed by atoms with Crippen molar-refractivity contribution in [2.75, 3.05) is 30.9 Å². The number of nitrogens with zero attached hydrogens (tertiary/aromatic N) is 2. The number of hydrogen-bond donors (Lipinski definition) is 2. The quantitative estimate of drug-likeness (QED) is 0.695. The van der Waals surface area contributed by atoms with Gasteiger partial charge in [-0.2, -0.15) is 0 Å². The van der Waals surface area contributed by atoms with Crippen LogP contribution >= 0.6 is 0 Å². The molecule has 8 heteroatoms. The molecule has 0 spiro atoms. The van der Waals surface area contributed by atoms with Gasteiger partial charge in [-0.15, -0.1) is 0 Å². The molecule has 1 amide bonds. The summed E-state index contributed by atoms with van der Waals surface area (Å²) in [6.07, 6.45) is 2.32. The van der Waals surface area contributed by atoms with E-state index >= 15 is 0 Å². The van der Waals surface area contributed by atoms with Gasteiger partial charge in [0.15, 0.2) is 5.69 Å². The topological polar surface area (TPSA) is 110 Å². The maximum atomic E-state index is 12.4. The number of carbonyl (C=O) groups excluding carboxylic acids is 1. The van der Waals surface area contributed by atoms with E-state index in [1.54, 1.807) is 0 Å². The van der Waals surface area contributed by atoms with Gasteiger partial charge in [-0.05, 0) is 18.8 Å². The Morgan fingerprint density at radius 3 is 2.58 bits per heavy atom. The van der Waals surface area contributed by atoms with Crippen LogP contribution in [0.25, 0.3) is 0 Å². The van der Waals surface area contributed by atoms with Crippen LogP contribution in [0.4, 0.5) is 11.5 Å². The van der Waals surface area contributed by atoms with Crippen molar-refractivity contribution in [1.82, 2.24) is 9.55 Å². The van der Waals surface area contributed by atoms with Crippen LogP contribution in [-0.2, 0) is 16.1 Å². The molecule has 0 unspecified atom stereocenters. The summed E-state index contributed by atoms with van der Waals surface area (Å²) in [5.74, 6) is -0.00408. The number of rotatable bonds is 9. The van der Waals surface area contributed by atoms with Crippen molar-refractivity contribution in [1.29, 1.82) is 0 Å². The zero-order valence-corrected chi connectivity index (χ0v) is 14.9. The lowest BCUT2D eigenvalue weighted by Crippen LogP contribution is -2.43. The second-order valence-electron chi connectivity index (χ2n) is 6.16. The molecule has 0 aliphatic rings. The molecule has 0 aliphatic heterocycles. The van der Waals surface area contributed by atoms with Gasteiger partial charge < -0.3 is 15.4 Å². The molecule has 3 N–H and O–H groups in total. The Morgan fingerprint density at radius 2 is 2.04 bits per heavy atom. The zero-order valence-electron chi connectivity index (χ0n) is 14.9. The minimum Gasteiger partial charge on any atom is -0.383 e. The van der Waals surface area contributed by atoms with Crippen LogP contribution in [0.1, 0.15) is 40.0 Å². The number of anilines is 2. The maximum Gasteiger partial charge on any atom is 0.330 e. The molecule has 0 saturated heterocycles. The first-order valence-electron chi connectivity index (χ1n) is 8.25. The molecule has 1 aromatic rings. The summed E-state index contributed by atoms with van der Waals surface area (Å²) in [6.45, 7) is 6.60. The third kappa shape index (κ3) is 4.95. The first-order valence-corrected chi connectivity index (χ1v) is 8.25. The molecule has 24 heavy (non-hydrogen) atoms. The minimum atomic E-state index is -0.654. The van der Waals surface area contributed by atoms with E-state index in [1.165, 1.54) is 16.6 Å². The molecular formula is C16H28N4O4. The van der Waals surface area contributed by atoms with Crippen molar-refractivity contribution >= 4 is 17.4 Å². The maximum absolute atomic E-state index is 12.4.